The summed E-state index contributed by atoms with van der Waals surface area (Å²) in [7, 11) is 0. The molecule has 3 rings (SSSR count). The topological polar surface area (TPSA) is 57.3 Å². The van der Waals surface area contributed by atoms with Crippen LogP contribution in [0.1, 0.15) is 15.9 Å². The number of hydrogen-bond donors (Lipinski definition) is 2. The third kappa shape index (κ3) is 5.47. The van der Waals surface area contributed by atoms with E-state index in [4.69, 9.17) is 0 Å². The fraction of sp³-hybridized carbons (Fsp3) is 0.444. The molecule has 0 bridgehead atoms. The van der Waals surface area contributed by atoms with Crippen LogP contribution in [0.25, 0.3) is 10.9 Å². The molecule has 1 aromatic heterocycles. The Balaban J connectivity index is 0.00000196. The number of benzene rings is 1. The zero-order chi connectivity index (χ0) is 18.7. The third-order valence-electron chi connectivity index (χ3n) is 4.72. The van der Waals surface area contributed by atoms with Crippen LogP contribution in [0.5, 0.6) is 0 Å². The van der Waals surface area contributed by atoms with Gasteiger partial charge in [0.15, 0.2) is 0 Å². The average molecular weight is 439 g/mol. The number of hydrogen-bond acceptors (Lipinski definition) is 4. The molecule has 1 amide bonds. The van der Waals surface area contributed by atoms with Gasteiger partial charge in [-0.3, -0.25) is 14.7 Å². The molecule has 1 aliphatic rings. The van der Waals surface area contributed by atoms with Gasteiger partial charge in [0, 0.05) is 44.3 Å². The van der Waals surface area contributed by atoms with Crippen molar-refractivity contribution < 1.29 is 18.0 Å². The maximum Gasteiger partial charge on any atom is 0.405 e. The van der Waals surface area contributed by atoms with Crippen LogP contribution in [0.4, 0.5) is 13.2 Å². The molecule has 1 fully saturated rings. The molecular formula is C18H23Cl2F3N4O. The lowest BCUT2D eigenvalue weighted by atomic mass is 10.0. The standard InChI is InChI=1S/C18H21F3N4O.2ClH/c1-12-13-4-2-3-5-15(13)23-10-14(12)17(26)24-11-16(18(19,20)21)25-8-6-22-7-9-25;;/h2-5,10,16,22H,6-9,11H2,1H3,(H,24,26);2*1H. The van der Waals surface area contributed by atoms with Crippen LogP contribution in [0.15, 0.2) is 30.5 Å². The highest BCUT2D eigenvalue weighted by Crippen LogP contribution is 2.25. The van der Waals surface area contributed by atoms with Crippen LogP contribution in [0.3, 0.4) is 0 Å². The fourth-order valence-corrected chi connectivity index (χ4v) is 3.24. The number of carbonyl (C=O) groups is 1. The Morgan fingerprint density at radius 2 is 1.89 bits per heavy atom. The number of carbonyl (C=O) groups excluding carboxylic acids is 1. The first-order chi connectivity index (χ1) is 12.4. The number of alkyl halides is 3. The smallest absolute Gasteiger partial charge is 0.350 e. The Morgan fingerprint density at radius 1 is 1.25 bits per heavy atom. The van der Waals surface area contributed by atoms with E-state index in [9.17, 15) is 18.0 Å². The predicted octanol–water partition coefficient (Wildman–Crippen LogP) is 2.95. The number of pyridine rings is 1. The normalized spacial score (nSPS) is 16.0. The SMILES string of the molecule is Cc1c(C(=O)NCC(N2CCNCC2)C(F)(F)F)cnc2ccccc12.Cl.Cl. The number of nitrogens with zero attached hydrogens (tertiary/aromatic N) is 2. The van der Waals surface area contributed by atoms with Crippen molar-refractivity contribution in [2.45, 2.75) is 19.1 Å². The Labute approximate surface area is 173 Å². The summed E-state index contributed by atoms with van der Waals surface area (Å²) in [6.45, 7) is 2.92. The second kappa shape index (κ2) is 10.2. The predicted molar refractivity (Wildman–Crippen MR) is 108 cm³/mol. The number of para-hydroxylation sites is 1. The van der Waals surface area contributed by atoms with E-state index in [1.54, 1.807) is 6.92 Å². The lowest BCUT2D eigenvalue weighted by Crippen LogP contribution is -2.57. The minimum Gasteiger partial charge on any atom is -0.350 e. The summed E-state index contributed by atoms with van der Waals surface area (Å²) in [4.78, 5) is 18.1. The zero-order valence-electron chi connectivity index (χ0n) is 15.3. The van der Waals surface area contributed by atoms with Crippen molar-refractivity contribution in [2.24, 2.45) is 0 Å². The highest BCUT2D eigenvalue weighted by atomic mass is 35.5. The average Bonchev–Trinajstić information content (AvgIpc) is 2.62. The van der Waals surface area contributed by atoms with E-state index in [0.717, 1.165) is 10.9 Å². The number of nitrogens with one attached hydrogen (secondary N) is 2. The van der Waals surface area contributed by atoms with Gasteiger partial charge in [-0.05, 0) is 18.6 Å². The lowest BCUT2D eigenvalue weighted by molar-refractivity contribution is -0.183. The maximum absolute atomic E-state index is 13.4. The molecule has 2 N–H and O–H groups in total. The van der Waals surface area contributed by atoms with Gasteiger partial charge in [0.05, 0.1) is 11.1 Å². The molecule has 0 aliphatic carbocycles. The van der Waals surface area contributed by atoms with Crippen molar-refractivity contribution in [1.82, 2.24) is 20.5 Å². The molecule has 1 aromatic carbocycles. The molecule has 28 heavy (non-hydrogen) atoms. The minimum atomic E-state index is -4.40. The van der Waals surface area contributed by atoms with Gasteiger partial charge in [0.2, 0.25) is 0 Å². The molecule has 1 atom stereocenters. The molecule has 156 valence electrons. The van der Waals surface area contributed by atoms with Crippen LogP contribution < -0.4 is 10.6 Å². The summed E-state index contributed by atoms with van der Waals surface area (Å²) in [6.07, 6.45) is -2.98. The molecule has 1 unspecified atom stereocenters. The second-order valence-corrected chi connectivity index (χ2v) is 6.37. The summed E-state index contributed by atoms with van der Waals surface area (Å²) >= 11 is 0. The van der Waals surface area contributed by atoms with Gasteiger partial charge in [-0.15, -0.1) is 24.8 Å². The number of fused-ring (bicyclic) bond motifs is 1. The molecule has 1 aliphatic heterocycles. The van der Waals surface area contributed by atoms with Crippen LogP contribution in [-0.4, -0.2) is 60.7 Å². The Hall–Kier alpha value is -1.61. The van der Waals surface area contributed by atoms with Crippen LogP contribution in [-0.2, 0) is 0 Å². The van der Waals surface area contributed by atoms with E-state index >= 15 is 0 Å². The van der Waals surface area contributed by atoms with Gasteiger partial charge in [-0.1, -0.05) is 18.2 Å². The summed E-state index contributed by atoms with van der Waals surface area (Å²) in [5.41, 5.74) is 1.75. The van der Waals surface area contributed by atoms with Gasteiger partial charge >= 0.3 is 6.18 Å². The van der Waals surface area contributed by atoms with Crippen molar-refractivity contribution >= 4 is 41.6 Å². The largest absolute Gasteiger partial charge is 0.405 e. The second-order valence-electron chi connectivity index (χ2n) is 6.37. The van der Waals surface area contributed by atoms with Crippen molar-refractivity contribution in [2.75, 3.05) is 32.7 Å². The molecule has 0 spiro atoms. The van der Waals surface area contributed by atoms with E-state index < -0.39 is 24.7 Å². The Bertz CT molecular complexity index is 798. The van der Waals surface area contributed by atoms with Crippen LogP contribution >= 0.6 is 24.8 Å². The molecule has 10 heteroatoms. The third-order valence-corrected chi connectivity index (χ3v) is 4.72. The van der Waals surface area contributed by atoms with Crippen molar-refractivity contribution in [1.29, 1.82) is 0 Å². The first kappa shape index (κ1) is 24.4. The number of halogens is 5. The summed E-state index contributed by atoms with van der Waals surface area (Å²) in [5, 5.41) is 6.29. The first-order valence-corrected chi connectivity index (χ1v) is 8.52. The molecule has 0 radical (unpaired) electrons. The quantitative estimate of drug-likeness (QED) is 0.770. The molecule has 0 saturated carbocycles. The van der Waals surface area contributed by atoms with Gasteiger partial charge in [-0.2, -0.15) is 13.2 Å². The molecule has 2 aromatic rings. The van der Waals surface area contributed by atoms with Crippen molar-refractivity contribution in [3.8, 4) is 0 Å². The summed E-state index contributed by atoms with van der Waals surface area (Å²) in [6, 6.07) is 5.66. The van der Waals surface area contributed by atoms with Gasteiger partial charge in [-0.25, -0.2) is 0 Å². The lowest BCUT2D eigenvalue weighted by Gasteiger charge is -2.35. The van der Waals surface area contributed by atoms with Gasteiger partial charge in [0.1, 0.15) is 6.04 Å². The van der Waals surface area contributed by atoms with E-state index in [-0.39, 0.29) is 24.8 Å². The Kier molecular flexibility index (Phi) is 8.94. The van der Waals surface area contributed by atoms with E-state index in [0.29, 0.717) is 37.3 Å². The number of aryl methyl sites for hydroxylation is 1. The highest BCUT2D eigenvalue weighted by molar-refractivity contribution is 5.99. The number of amides is 1. The van der Waals surface area contributed by atoms with Gasteiger partial charge in [0.25, 0.3) is 5.91 Å². The van der Waals surface area contributed by atoms with Crippen LogP contribution in [0.2, 0.25) is 0 Å². The minimum absolute atomic E-state index is 0. The summed E-state index contributed by atoms with van der Waals surface area (Å²) in [5.74, 6) is -0.537. The molecular weight excluding hydrogens is 416 g/mol. The van der Waals surface area contributed by atoms with E-state index in [1.807, 2.05) is 24.3 Å². The molecule has 5 nitrogen and oxygen atoms in total. The van der Waals surface area contributed by atoms with Crippen molar-refractivity contribution in [3.63, 3.8) is 0 Å². The number of aromatic nitrogens is 1. The molecule has 2 heterocycles. The number of rotatable bonds is 4. The Morgan fingerprint density at radius 3 is 2.54 bits per heavy atom. The monoisotopic (exact) mass is 438 g/mol. The summed E-state index contributed by atoms with van der Waals surface area (Å²) < 4.78 is 40.3. The first-order valence-electron chi connectivity index (χ1n) is 8.52. The van der Waals surface area contributed by atoms with Gasteiger partial charge < -0.3 is 10.6 Å². The van der Waals surface area contributed by atoms with Crippen molar-refractivity contribution in [3.05, 3.63) is 41.6 Å². The number of piperazine rings is 1. The highest BCUT2D eigenvalue weighted by Gasteiger charge is 2.43. The van der Waals surface area contributed by atoms with Crippen LogP contribution in [0, 0.1) is 6.92 Å². The fourth-order valence-electron chi connectivity index (χ4n) is 3.24. The molecule has 1 saturated heterocycles. The zero-order valence-corrected chi connectivity index (χ0v) is 16.9. The maximum atomic E-state index is 13.4. The van der Waals surface area contributed by atoms with E-state index in [2.05, 4.69) is 15.6 Å². The van der Waals surface area contributed by atoms with E-state index in [1.165, 1.54) is 11.1 Å².